The third kappa shape index (κ3) is 4.28. The average molecular weight is 367 g/mol. The molecular weight excluding hydrogens is 333 g/mol. The molecule has 2 aliphatic carbocycles. The quantitative estimate of drug-likeness (QED) is 0.354. The van der Waals surface area contributed by atoms with E-state index in [0.29, 0.717) is 11.0 Å². The van der Waals surface area contributed by atoms with Crippen LogP contribution >= 0.6 is 0 Å². The second-order valence-corrected chi connectivity index (χ2v) is 8.73. The summed E-state index contributed by atoms with van der Waals surface area (Å²) in [6.45, 7) is 2.26. The van der Waals surface area contributed by atoms with Gasteiger partial charge < -0.3 is 0 Å². The molecule has 3 rings (SSSR count). The van der Waals surface area contributed by atoms with Crippen molar-refractivity contribution in [1.29, 1.82) is 0 Å². The van der Waals surface area contributed by atoms with E-state index in [0.717, 1.165) is 31.6 Å². The van der Waals surface area contributed by atoms with Gasteiger partial charge in [0.05, 0.1) is 0 Å². The highest BCUT2D eigenvalue weighted by Gasteiger charge is 2.40. The SMILES string of the molecule is CCCCCC1(C2CCC(c3cc(F)c(F)c(F)c3)CC2)CCCCC1. The van der Waals surface area contributed by atoms with E-state index in [1.54, 1.807) is 0 Å². The lowest BCUT2D eigenvalue weighted by Crippen LogP contribution is -2.35. The van der Waals surface area contributed by atoms with Crippen LogP contribution in [0.1, 0.15) is 102 Å². The van der Waals surface area contributed by atoms with Crippen molar-refractivity contribution in [3.63, 3.8) is 0 Å². The van der Waals surface area contributed by atoms with E-state index >= 15 is 0 Å². The fourth-order valence-electron chi connectivity index (χ4n) is 5.70. The van der Waals surface area contributed by atoms with Crippen molar-refractivity contribution in [3.05, 3.63) is 35.1 Å². The van der Waals surface area contributed by atoms with Crippen LogP contribution in [0.4, 0.5) is 13.2 Å². The van der Waals surface area contributed by atoms with Crippen molar-refractivity contribution in [2.75, 3.05) is 0 Å². The Labute approximate surface area is 156 Å². The molecule has 0 amide bonds. The Bertz CT molecular complexity index is 558. The Hall–Kier alpha value is -0.990. The molecule has 0 heterocycles. The number of hydrogen-bond donors (Lipinski definition) is 0. The van der Waals surface area contributed by atoms with Crippen LogP contribution < -0.4 is 0 Å². The number of hydrogen-bond acceptors (Lipinski definition) is 0. The molecule has 0 aliphatic heterocycles. The lowest BCUT2D eigenvalue weighted by atomic mass is 9.58. The third-order valence-electron chi connectivity index (χ3n) is 7.20. The summed E-state index contributed by atoms with van der Waals surface area (Å²) < 4.78 is 40.4. The number of halogens is 3. The maximum atomic E-state index is 13.6. The maximum Gasteiger partial charge on any atom is 0.194 e. The Balaban J connectivity index is 1.66. The van der Waals surface area contributed by atoms with Gasteiger partial charge >= 0.3 is 0 Å². The summed E-state index contributed by atoms with van der Waals surface area (Å²) in [5, 5.41) is 0. The highest BCUT2D eigenvalue weighted by atomic mass is 19.2. The summed E-state index contributed by atoms with van der Waals surface area (Å²) in [5.41, 5.74) is 1.15. The molecule has 0 radical (unpaired) electrons. The Morgan fingerprint density at radius 1 is 0.885 bits per heavy atom. The Morgan fingerprint density at radius 3 is 2.08 bits per heavy atom. The zero-order valence-electron chi connectivity index (χ0n) is 16.1. The first-order valence-electron chi connectivity index (χ1n) is 10.7. The monoisotopic (exact) mass is 366 g/mol. The average Bonchev–Trinajstić information content (AvgIpc) is 2.67. The van der Waals surface area contributed by atoms with Crippen LogP contribution in [0.2, 0.25) is 0 Å². The minimum absolute atomic E-state index is 0.173. The second-order valence-electron chi connectivity index (χ2n) is 8.73. The highest BCUT2D eigenvalue weighted by molar-refractivity contribution is 5.23. The van der Waals surface area contributed by atoms with Crippen molar-refractivity contribution in [1.82, 2.24) is 0 Å². The first-order chi connectivity index (χ1) is 12.6. The molecule has 2 saturated carbocycles. The van der Waals surface area contributed by atoms with Gasteiger partial charge in [0.2, 0.25) is 0 Å². The molecule has 0 atom stereocenters. The van der Waals surface area contributed by atoms with E-state index < -0.39 is 17.5 Å². The summed E-state index contributed by atoms with van der Waals surface area (Å²) in [6.07, 6.45) is 16.4. The molecule has 0 bridgehead atoms. The molecule has 0 nitrogen and oxygen atoms in total. The Kier molecular flexibility index (Phi) is 6.69. The van der Waals surface area contributed by atoms with Crippen LogP contribution in [-0.4, -0.2) is 0 Å². The van der Waals surface area contributed by atoms with Gasteiger partial charge in [0.25, 0.3) is 0 Å². The minimum atomic E-state index is -1.35. The molecule has 2 aliphatic rings. The van der Waals surface area contributed by atoms with Crippen molar-refractivity contribution >= 4 is 0 Å². The van der Waals surface area contributed by atoms with Crippen molar-refractivity contribution < 1.29 is 13.2 Å². The van der Waals surface area contributed by atoms with Gasteiger partial charge in [0.15, 0.2) is 17.5 Å². The zero-order valence-corrected chi connectivity index (χ0v) is 16.1. The fraction of sp³-hybridized carbons (Fsp3) is 0.739. The van der Waals surface area contributed by atoms with E-state index in [2.05, 4.69) is 6.92 Å². The van der Waals surface area contributed by atoms with Crippen molar-refractivity contribution in [2.24, 2.45) is 11.3 Å². The zero-order chi connectivity index (χ0) is 18.6. The highest BCUT2D eigenvalue weighted by Crippen LogP contribution is 2.53. The normalized spacial score (nSPS) is 26.0. The molecule has 0 spiro atoms. The molecule has 3 heteroatoms. The summed E-state index contributed by atoms with van der Waals surface area (Å²) in [5.74, 6) is -2.52. The first kappa shape index (κ1) is 19.8. The predicted molar refractivity (Wildman–Crippen MR) is 101 cm³/mol. The summed E-state index contributed by atoms with van der Waals surface area (Å²) in [7, 11) is 0. The molecule has 0 unspecified atom stereocenters. The van der Waals surface area contributed by atoms with Gasteiger partial charge in [-0.1, -0.05) is 45.4 Å². The summed E-state index contributed by atoms with van der Waals surface area (Å²) >= 11 is 0. The Morgan fingerprint density at radius 2 is 1.50 bits per heavy atom. The van der Waals surface area contributed by atoms with E-state index in [1.165, 1.54) is 69.9 Å². The maximum absolute atomic E-state index is 13.6. The lowest BCUT2D eigenvalue weighted by Gasteiger charge is -2.47. The standard InChI is InChI=1S/C23H33F3/c1-2-3-5-12-23(13-6-4-7-14-23)19-10-8-17(9-11-19)18-15-20(24)22(26)21(25)16-18/h15-17,19H,2-14H2,1H3. The largest absolute Gasteiger partial charge is 0.204 e. The molecule has 0 aromatic heterocycles. The van der Waals surface area contributed by atoms with Crippen LogP contribution in [0.15, 0.2) is 12.1 Å². The van der Waals surface area contributed by atoms with Crippen molar-refractivity contribution in [3.8, 4) is 0 Å². The smallest absolute Gasteiger partial charge is 0.194 e. The fourth-order valence-corrected chi connectivity index (χ4v) is 5.70. The molecule has 26 heavy (non-hydrogen) atoms. The van der Waals surface area contributed by atoms with E-state index in [1.807, 2.05) is 0 Å². The van der Waals surface area contributed by atoms with Crippen LogP contribution in [0.25, 0.3) is 0 Å². The van der Waals surface area contributed by atoms with E-state index in [9.17, 15) is 13.2 Å². The molecule has 1 aromatic rings. The van der Waals surface area contributed by atoms with Gasteiger partial charge in [-0.05, 0) is 79.9 Å². The van der Waals surface area contributed by atoms with Crippen LogP contribution in [0, 0.1) is 28.8 Å². The van der Waals surface area contributed by atoms with Gasteiger partial charge in [-0.2, -0.15) is 0 Å². The van der Waals surface area contributed by atoms with Crippen LogP contribution in [0.3, 0.4) is 0 Å². The minimum Gasteiger partial charge on any atom is -0.204 e. The van der Waals surface area contributed by atoms with Crippen LogP contribution in [0.5, 0.6) is 0 Å². The molecule has 2 fully saturated rings. The summed E-state index contributed by atoms with van der Waals surface area (Å²) in [6, 6.07) is 2.42. The summed E-state index contributed by atoms with van der Waals surface area (Å²) in [4.78, 5) is 0. The molecule has 1 aromatic carbocycles. The third-order valence-corrected chi connectivity index (χ3v) is 7.20. The van der Waals surface area contributed by atoms with Crippen molar-refractivity contribution in [2.45, 2.75) is 96.3 Å². The topological polar surface area (TPSA) is 0 Å². The number of rotatable bonds is 6. The van der Waals surface area contributed by atoms with E-state index in [-0.39, 0.29) is 5.92 Å². The van der Waals surface area contributed by atoms with E-state index in [4.69, 9.17) is 0 Å². The second kappa shape index (κ2) is 8.80. The van der Waals surface area contributed by atoms with Crippen LogP contribution in [-0.2, 0) is 0 Å². The molecule has 146 valence electrons. The van der Waals surface area contributed by atoms with Gasteiger partial charge in [-0.15, -0.1) is 0 Å². The molecule has 0 N–H and O–H groups in total. The molecule has 0 saturated heterocycles. The van der Waals surface area contributed by atoms with Gasteiger partial charge in [0, 0.05) is 0 Å². The van der Waals surface area contributed by atoms with Gasteiger partial charge in [-0.25, -0.2) is 13.2 Å². The number of benzene rings is 1. The van der Waals surface area contributed by atoms with Gasteiger partial charge in [-0.3, -0.25) is 0 Å². The molecular formula is C23H33F3. The lowest BCUT2D eigenvalue weighted by molar-refractivity contribution is 0.0507. The van der Waals surface area contributed by atoms with Gasteiger partial charge in [0.1, 0.15) is 0 Å². The number of unbranched alkanes of at least 4 members (excludes halogenated alkanes) is 2. The predicted octanol–water partition coefficient (Wildman–Crippen LogP) is 7.91. The first-order valence-corrected chi connectivity index (χ1v) is 10.7.